The normalized spacial score (nSPS) is 13.1. The Morgan fingerprint density at radius 3 is 2.79 bits per heavy atom. The highest BCUT2D eigenvalue weighted by Gasteiger charge is 2.14. The summed E-state index contributed by atoms with van der Waals surface area (Å²) in [5.41, 5.74) is 3.83. The molecule has 2 aromatic heterocycles. The number of hydrogen-bond acceptors (Lipinski definition) is 2. The Balaban J connectivity index is 2.33. The summed E-state index contributed by atoms with van der Waals surface area (Å²) in [6.45, 7) is 4.43. The van der Waals surface area contributed by atoms with Crippen molar-refractivity contribution in [3.05, 3.63) is 28.0 Å². The van der Waals surface area contributed by atoms with E-state index in [9.17, 15) is 0 Å². The molecule has 1 unspecified atom stereocenters. The second-order valence-electron chi connectivity index (χ2n) is 5.07. The van der Waals surface area contributed by atoms with Crippen LogP contribution in [0.4, 0.5) is 0 Å². The largest absolute Gasteiger partial charge is 0.332 e. The standard InChI is InChI=1S/C15H22BrN3/c1-5-11(17-3)6-8-13-10(2)12-7-9-14(16)18-15(12)19(13)4/h7,9,11,17H,5-6,8H2,1-4H3. The first-order chi connectivity index (χ1) is 9.08. The molecule has 0 radical (unpaired) electrons. The predicted octanol–water partition coefficient (Wildman–Crippen LogP) is 3.57. The molecule has 0 amide bonds. The molecule has 0 aliphatic carbocycles. The lowest BCUT2D eigenvalue weighted by Gasteiger charge is -2.14. The molecule has 19 heavy (non-hydrogen) atoms. The smallest absolute Gasteiger partial charge is 0.141 e. The van der Waals surface area contributed by atoms with Crippen LogP contribution in [-0.4, -0.2) is 22.6 Å². The van der Waals surface area contributed by atoms with Crippen molar-refractivity contribution in [3.63, 3.8) is 0 Å². The average Bonchev–Trinajstić information content (AvgIpc) is 2.64. The van der Waals surface area contributed by atoms with Crippen LogP contribution in [-0.2, 0) is 13.5 Å². The highest BCUT2D eigenvalue weighted by atomic mass is 79.9. The van der Waals surface area contributed by atoms with Crippen molar-refractivity contribution in [1.82, 2.24) is 14.9 Å². The van der Waals surface area contributed by atoms with Gasteiger partial charge < -0.3 is 9.88 Å². The van der Waals surface area contributed by atoms with E-state index in [1.54, 1.807) is 0 Å². The van der Waals surface area contributed by atoms with Crippen molar-refractivity contribution in [3.8, 4) is 0 Å². The minimum Gasteiger partial charge on any atom is -0.332 e. The Hall–Kier alpha value is -0.870. The number of fused-ring (bicyclic) bond motifs is 1. The zero-order valence-corrected chi connectivity index (χ0v) is 13.7. The molecule has 0 saturated heterocycles. The van der Waals surface area contributed by atoms with E-state index >= 15 is 0 Å². The predicted molar refractivity (Wildman–Crippen MR) is 84.6 cm³/mol. The zero-order valence-electron chi connectivity index (χ0n) is 12.1. The van der Waals surface area contributed by atoms with Gasteiger partial charge in [-0.05, 0) is 66.9 Å². The summed E-state index contributed by atoms with van der Waals surface area (Å²) < 4.78 is 3.13. The number of pyridine rings is 1. The lowest BCUT2D eigenvalue weighted by atomic mass is 10.0. The molecule has 3 nitrogen and oxygen atoms in total. The first-order valence-corrected chi connectivity index (χ1v) is 7.65. The van der Waals surface area contributed by atoms with Gasteiger partial charge >= 0.3 is 0 Å². The second kappa shape index (κ2) is 6.06. The first-order valence-electron chi connectivity index (χ1n) is 6.86. The fourth-order valence-corrected chi connectivity index (χ4v) is 3.03. The number of nitrogens with one attached hydrogen (secondary N) is 1. The Morgan fingerprint density at radius 2 is 2.16 bits per heavy atom. The third-order valence-corrected chi connectivity index (χ3v) is 4.47. The molecule has 1 atom stereocenters. The Labute approximate surface area is 123 Å². The van der Waals surface area contributed by atoms with Gasteiger partial charge in [-0.25, -0.2) is 4.98 Å². The number of aromatic nitrogens is 2. The minimum absolute atomic E-state index is 0.595. The van der Waals surface area contributed by atoms with Crippen molar-refractivity contribution in [2.75, 3.05) is 7.05 Å². The van der Waals surface area contributed by atoms with Crippen LogP contribution in [0.5, 0.6) is 0 Å². The molecule has 0 saturated carbocycles. The molecule has 4 heteroatoms. The summed E-state index contributed by atoms with van der Waals surface area (Å²) in [4.78, 5) is 4.59. The maximum absolute atomic E-state index is 4.59. The van der Waals surface area contributed by atoms with Crippen LogP contribution < -0.4 is 5.32 Å². The van der Waals surface area contributed by atoms with Crippen LogP contribution in [0.25, 0.3) is 11.0 Å². The van der Waals surface area contributed by atoms with Crippen molar-refractivity contribution >= 4 is 27.0 Å². The molecule has 1 N–H and O–H groups in total. The first kappa shape index (κ1) is 14.5. The van der Waals surface area contributed by atoms with Gasteiger partial charge in [-0.2, -0.15) is 0 Å². The Morgan fingerprint density at radius 1 is 1.42 bits per heavy atom. The van der Waals surface area contributed by atoms with Gasteiger partial charge in [-0.15, -0.1) is 0 Å². The van der Waals surface area contributed by atoms with Gasteiger partial charge in [-0.3, -0.25) is 0 Å². The quantitative estimate of drug-likeness (QED) is 0.852. The number of rotatable bonds is 5. The molecule has 2 rings (SSSR count). The van der Waals surface area contributed by atoms with Gasteiger partial charge in [0.25, 0.3) is 0 Å². The summed E-state index contributed by atoms with van der Waals surface area (Å²) in [6, 6.07) is 4.76. The van der Waals surface area contributed by atoms with E-state index < -0.39 is 0 Å². The van der Waals surface area contributed by atoms with Crippen molar-refractivity contribution < 1.29 is 0 Å². The molecular weight excluding hydrogens is 302 g/mol. The van der Waals surface area contributed by atoms with Gasteiger partial charge in [0.05, 0.1) is 0 Å². The van der Waals surface area contributed by atoms with Crippen molar-refractivity contribution in [2.45, 2.75) is 39.2 Å². The van der Waals surface area contributed by atoms with Gasteiger partial charge in [0.15, 0.2) is 0 Å². The molecule has 2 aromatic rings. The second-order valence-corrected chi connectivity index (χ2v) is 5.88. The summed E-state index contributed by atoms with van der Waals surface area (Å²) in [5.74, 6) is 0. The van der Waals surface area contributed by atoms with Gasteiger partial charge in [0.1, 0.15) is 10.3 Å². The molecule has 0 spiro atoms. The maximum Gasteiger partial charge on any atom is 0.141 e. The molecule has 104 valence electrons. The molecule has 0 aromatic carbocycles. The fraction of sp³-hybridized carbons (Fsp3) is 0.533. The lowest BCUT2D eigenvalue weighted by molar-refractivity contribution is 0.502. The highest BCUT2D eigenvalue weighted by Crippen LogP contribution is 2.26. The molecule has 0 bridgehead atoms. The fourth-order valence-electron chi connectivity index (χ4n) is 2.73. The van der Waals surface area contributed by atoms with Crippen LogP contribution in [0, 0.1) is 6.92 Å². The van der Waals surface area contributed by atoms with E-state index in [1.807, 2.05) is 13.1 Å². The minimum atomic E-state index is 0.595. The molecule has 2 heterocycles. The van der Waals surface area contributed by atoms with Crippen LogP contribution in [0.15, 0.2) is 16.7 Å². The topological polar surface area (TPSA) is 29.9 Å². The number of hydrogen-bond donors (Lipinski definition) is 1. The maximum atomic E-state index is 4.59. The average molecular weight is 324 g/mol. The zero-order chi connectivity index (χ0) is 14.0. The molecular formula is C15H22BrN3. The van der Waals surface area contributed by atoms with Crippen LogP contribution in [0.1, 0.15) is 31.0 Å². The SMILES string of the molecule is CCC(CCc1c(C)c2ccc(Br)nc2n1C)NC. The van der Waals surface area contributed by atoms with E-state index in [0.717, 1.165) is 16.7 Å². The summed E-state index contributed by atoms with van der Waals surface area (Å²) >= 11 is 3.45. The monoisotopic (exact) mass is 323 g/mol. The Kier molecular flexibility index (Phi) is 4.63. The van der Waals surface area contributed by atoms with Crippen molar-refractivity contribution in [1.29, 1.82) is 0 Å². The van der Waals surface area contributed by atoms with Gasteiger partial charge in [0, 0.05) is 24.2 Å². The van der Waals surface area contributed by atoms with E-state index in [-0.39, 0.29) is 0 Å². The third-order valence-electron chi connectivity index (χ3n) is 4.03. The van der Waals surface area contributed by atoms with Gasteiger partial charge in [-0.1, -0.05) is 6.92 Å². The highest BCUT2D eigenvalue weighted by molar-refractivity contribution is 9.10. The summed E-state index contributed by atoms with van der Waals surface area (Å²) in [5, 5.41) is 4.63. The van der Waals surface area contributed by atoms with E-state index in [2.05, 4.69) is 57.8 Å². The summed E-state index contributed by atoms with van der Waals surface area (Å²) in [6.07, 6.45) is 3.43. The lowest BCUT2D eigenvalue weighted by Crippen LogP contribution is -2.25. The van der Waals surface area contributed by atoms with E-state index in [0.29, 0.717) is 6.04 Å². The number of aryl methyl sites for hydroxylation is 2. The third kappa shape index (κ3) is 2.84. The van der Waals surface area contributed by atoms with E-state index in [4.69, 9.17) is 0 Å². The van der Waals surface area contributed by atoms with Crippen LogP contribution >= 0.6 is 15.9 Å². The van der Waals surface area contributed by atoms with Gasteiger partial charge in [0.2, 0.25) is 0 Å². The summed E-state index contributed by atoms with van der Waals surface area (Å²) in [7, 11) is 4.16. The van der Waals surface area contributed by atoms with Crippen molar-refractivity contribution in [2.24, 2.45) is 7.05 Å². The van der Waals surface area contributed by atoms with Crippen LogP contribution in [0.3, 0.4) is 0 Å². The Bertz CT molecular complexity index is 570. The number of halogens is 1. The van der Waals surface area contributed by atoms with Crippen LogP contribution in [0.2, 0.25) is 0 Å². The van der Waals surface area contributed by atoms with E-state index in [1.165, 1.54) is 29.5 Å². The molecule has 0 aliphatic rings. The molecule has 0 fully saturated rings. The molecule has 0 aliphatic heterocycles. The number of nitrogens with zero attached hydrogens (tertiary/aromatic N) is 2.